The molecule has 0 unspecified atom stereocenters. The van der Waals surface area contributed by atoms with Crippen molar-refractivity contribution in [2.24, 2.45) is 0 Å². The molecule has 0 radical (unpaired) electrons. The molecule has 32 heavy (non-hydrogen) atoms. The van der Waals surface area contributed by atoms with Crippen molar-refractivity contribution in [3.05, 3.63) is 70.8 Å². The van der Waals surface area contributed by atoms with Gasteiger partial charge in [0.2, 0.25) is 0 Å². The largest absolute Gasteiger partial charge is 0.573 e. The van der Waals surface area contributed by atoms with Crippen molar-refractivity contribution in [3.8, 4) is 23.0 Å². The Balaban J connectivity index is 1.96. The summed E-state index contributed by atoms with van der Waals surface area (Å²) < 4.78 is 66.6. The van der Waals surface area contributed by atoms with Crippen molar-refractivity contribution in [2.75, 3.05) is 12.4 Å². The van der Waals surface area contributed by atoms with Crippen LogP contribution in [0, 0.1) is 12.7 Å². The van der Waals surface area contributed by atoms with E-state index in [1.165, 1.54) is 31.6 Å². The maximum Gasteiger partial charge on any atom is 0.573 e. The third kappa shape index (κ3) is 5.58. The summed E-state index contributed by atoms with van der Waals surface area (Å²) in [5, 5.41) is 2.49. The topological polar surface area (TPSA) is 69.7 Å². The molecule has 0 aliphatic rings. The number of halogens is 5. The first-order valence-corrected chi connectivity index (χ1v) is 9.28. The summed E-state index contributed by atoms with van der Waals surface area (Å²) in [5.74, 6) is -2.87. The van der Waals surface area contributed by atoms with Gasteiger partial charge in [0.1, 0.15) is 22.9 Å². The number of hydrogen-bond acceptors (Lipinski definition) is 5. The van der Waals surface area contributed by atoms with E-state index in [-0.39, 0.29) is 22.3 Å². The molecule has 11 heteroatoms. The van der Waals surface area contributed by atoms with Crippen molar-refractivity contribution in [1.29, 1.82) is 0 Å². The van der Waals surface area contributed by atoms with Crippen LogP contribution in [0.4, 0.5) is 23.2 Å². The van der Waals surface area contributed by atoms with E-state index in [0.717, 1.165) is 24.3 Å². The van der Waals surface area contributed by atoms with Crippen LogP contribution in [0.3, 0.4) is 0 Å². The Morgan fingerprint density at radius 1 is 1.09 bits per heavy atom. The van der Waals surface area contributed by atoms with Gasteiger partial charge in [-0.1, -0.05) is 11.6 Å². The average Bonchev–Trinajstić information content (AvgIpc) is 2.69. The van der Waals surface area contributed by atoms with Gasteiger partial charge in [0, 0.05) is 35.2 Å². The first-order chi connectivity index (χ1) is 15.1. The van der Waals surface area contributed by atoms with Crippen LogP contribution in [0.25, 0.3) is 0 Å². The quantitative estimate of drug-likeness (QED) is 0.439. The number of hydrogen-bond donors (Lipinski definition) is 1. The van der Waals surface area contributed by atoms with Crippen molar-refractivity contribution in [3.63, 3.8) is 0 Å². The van der Waals surface area contributed by atoms with E-state index in [2.05, 4.69) is 15.0 Å². The van der Waals surface area contributed by atoms with Crippen molar-refractivity contribution >= 4 is 23.2 Å². The number of anilines is 1. The van der Waals surface area contributed by atoms with Gasteiger partial charge in [-0.15, -0.1) is 13.2 Å². The molecule has 0 aliphatic carbocycles. The highest BCUT2D eigenvalue weighted by Gasteiger charge is 2.31. The zero-order valence-corrected chi connectivity index (χ0v) is 17.3. The van der Waals surface area contributed by atoms with Crippen molar-refractivity contribution < 1.29 is 36.6 Å². The third-order valence-corrected chi connectivity index (χ3v) is 4.32. The van der Waals surface area contributed by atoms with Crippen molar-refractivity contribution in [1.82, 2.24) is 4.98 Å². The van der Waals surface area contributed by atoms with E-state index in [4.69, 9.17) is 21.1 Å². The summed E-state index contributed by atoms with van der Waals surface area (Å²) in [5.41, 5.74) is 0.569. The molecule has 6 nitrogen and oxygen atoms in total. The highest BCUT2D eigenvalue weighted by Crippen LogP contribution is 2.39. The van der Waals surface area contributed by atoms with Gasteiger partial charge in [-0.05, 0) is 36.8 Å². The molecule has 0 spiro atoms. The summed E-state index contributed by atoms with van der Waals surface area (Å²) in [4.78, 5) is 16.7. The molecule has 1 aromatic heterocycles. The van der Waals surface area contributed by atoms with Gasteiger partial charge in [0.05, 0.1) is 7.11 Å². The number of nitrogens with one attached hydrogen (secondary N) is 1. The Labute approximate surface area is 184 Å². The minimum atomic E-state index is -4.90. The molecular weight excluding hydrogens is 456 g/mol. The molecule has 0 saturated carbocycles. The number of amides is 1. The molecule has 0 atom stereocenters. The van der Waals surface area contributed by atoms with E-state index in [9.17, 15) is 22.4 Å². The smallest absolute Gasteiger partial charge is 0.493 e. The second kappa shape index (κ2) is 9.31. The zero-order chi connectivity index (χ0) is 23.5. The number of nitrogens with zero attached hydrogens (tertiary/aromatic N) is 1. The lowest BCUT2D eigenvalue weighted by atomic mass is 10.1. The number of carbonyl (C=O) groups excluding carboxylic acids is 1. The number of aromatic nitrogens is 1. The molecule has 0 fully saturated rings. The molecule has 0 saturated heterocycles. The minimum Gasteiger partial charge on any atom is -0.493 e. The number of benzene rings is 2. The lowest BCUT2D eigenvalue weighted by Gasteiger charge is -2.16. The fraction of sp³-hybridized carbons (Fsp3) is 0.143. The maximum absolute atomic E-state index is 14.7. The van der Waals surface area contributed by atoms with Crippen LogP contribution in [0.1, 0.15) is 15.9 Å². The number of aryl methyl sites for hydroxylation is 1. The van der Waals surface area contributed by atoms with Crippen LogP contribution < -0.4 is 19.5 Å². The second-order valence-electron chi connectivity index (χ2n) is 6.37. The van der Waals surface area contributed by atoms with Crippen LogP contribution in [0.15, 0.2) is 48.8 Å². The summed E-state index contributed by atoms with van der Waals surface area (Å²) in [6, 6.07) is 6.69. The van der Waals surface area contributed by atoms with Gasteiger partial charge >= 0.3 is 6.36 Å². The van der Waals surface area contributed by atoms with E-state index in [1.54, 1.807) is 6.92 Å². The number of pyridine rings is 1. The molecule has 0 bridgehead atoms. The van der Waals surface area contributed by atoms with E-state index < -0.39 is 29.4 Å². The molecule has 3 aromatic rings. The maximum atomic E-state index is 14.7. The molecule has 0 aliphatic heterocycles. The fourth-order valence-corrected chi connectivity index (χ4v) is 2.89. The van der Waals surface area contributed by atoms with E-state index >= 15 is 0 Å². The number of ether oxygens (including phenoxy) is 3. The molecule has 168 valence electrons. The lowest BCUT2D eigenvalue weighted by Crippen LogP contribution is -2.17. The van der Waals surface area contributed by atoms with Crippen LogP contribution in [0.5, 0.6) is 23.0 Å². The Morgan fingerprint density at radius 3 is 2.50 bits per heavy atom. The first-order valence-electron chi connectivity index (χ1n) is 8.90. The first kappa shape index (κ1) is 23.1. The van der Waals surface area contributed by atoms with Gasteiger partial charge in [0.25, 0.3) is 5.91 Å². The van der Waals surface area contributed by atoms with Crippen LogP contribution >= 0.6 is 11.6 Å². The second-order valence-corrected chi connectivity index (χ2v) is 6.80. The SMILES string of the molecule is COc1cc(OC(F)(F)F)ccc1Oc1cc(Cl)cc(F)c1C(=O)Nc1ccncc1C. The van der Waals surface area contributed by atoms with Gasteiger partial charge < -0.3 is 19.5 Å². The number of rotatable bonds is 6. The average molecular weight is 471 g/mol. The Hall–Kier alpha value is -3.53. The molecule has 1 N–H and O–H groups in total. The summed E-state index contributed by atoms with van der Waals surface area (Å²) in [7, 11) is 1.19. The predicted molar refractivity (Wildman–Crippen MR) is 108 cm³/mol. The Bertz CT molecular complexity index is 1160. The highest BCUT2D eigenvalue weighted by molar-refractivity contribution is 6.31. The van der Waals surface area contributed by atoms with Crippen LogP contribution in [-0.2, 0) is 0 Å². The fourth-order valence-electron chi connectivity index (χ4n) is 2.70. The molecule has 2 aromatic carbocycles. The summed E-state index contributed by atoms with van der Waals surface area (Å²) in [6.45, 7) is 1.70. The number of carbonyl (C=O) groups is 1. The normalized spacial score (nSPS) is 11.1. The van der Waals surface area contributed by atoms with Gasteiger partial charge in [-0.2, -0.15) is 0 Å². The third-order valence-electron chi connectivity index (χ3n) is 4.10. The van der Waals surface area contributed by atoms with Crippen LogP contribution in [0.2, 0.25) is 5.02 Å². The highest BCUT2D eigenvalue weighted by atomic mass is 35.5. The number of methoxy groups -OCH3 is 1. The summed E-state index contributed by atoms with van der Waals surface area (Å²) in [6.07, 6.45) is -1.94. The summed E-state index contributed by atoms with van der Waals surface area (Å²) >= 11 is 5.91. The Morgan fingerprint density at radius 2 is 1.84 bits per heavy atom. The lowest BCUT2D eigenvalue weighted by molar-refractivity contribution is -0.274. The molecule has 1 amide bonds. The predicted octanol–water partition coefficient (Wildman–Crippen LogP) is 6.13. The van der Waals surface area contributed by atoms with Crippen molar-refractivity contribution in [2.45, 2.75) is 13.3 Å². The van der Waals surface area contributed by atoms with E-state index in [0.29, 0.717) is 11.3 Å². The Kier molecular flexibility index (Phi) is 6.73. The van der Waals surface area contributed by atoms with Gasteiger partial charge in [-0.3, -0.25) is 9.78 Å². The molecular formula is C21H15ClF4N2O4. The zero-order valence-electron chi connectivity index (χ0n) is 16.6. The molecule has 3 rings (SSSR count). The minimum absolute atomic E-state index is 0.0647. The van der Waals surface area contributed by atoms with Crippen LogP contribution in [-0.4, -0.2) is 24.4 Å². The van der Waals surface area contributed by atoms with Gasteiger partial charge in [-0.25, -0.2) is 4.39 Å². The number of alkyl halides is 3. The van der Waals surface area contributed by atoms with Gasteiger partial charge in [0.15, 0.2) is 11.5 Å². The monoisotopic (exact) mass is 470 g/mol. The van der Waals surface area contributed by atoms with E-state index in [1.807, 2.05) is 0 Å². The molecule has 1 heterocycles. The standard InChI is InChI=1S/C21H15ClF4N2O4/c1-11-10-27-6-5-15(11)28-20(29)19-14(23)7-12(22)8-18(19)31-16-4-3-13(9-17(16)30-2)32-21(24,25)26/h3-10H,1-2H3,(H,27,28,29).